The van der Waals surface area contributed by atoms with E-state index in [2.05, 4.69) is 47.4 Å². The molecule has 0 bridgehead atoms. The van der Waals surface area contributed by atoms with E-state index >= 15 is 0 Å². The zero-order chi connectivity index (χ0) is 14.5. The van der Waals surface area contributed by atoms with Crippen LogP contribution in [0.25, 0.3) is 0 Å². The zero-order valence-electron chi connectivity index (χ0n) is 10.0. The van der Waals surface area contributed by atoms with Crippen LogP contribution < -0.4 is 5.43 Å². The first-order valence-electron chi connectivity index (χ1n) is 5.49. The number of nitrogens with zero attached hydrogens (tertiary/aromatic N) is 2. The largest absolute Gasteiger partial charge is 0.507 e. The van der Waals surface area contributed by atoms with Crippen LogP contribution in [0.3, 0.4) is 0 Å². The maximum atomic E-state index is 11.8. The van der Waals surface area contributed by atoms with E-state index in [1.54, 1.807) is 30.5 Å². The second kappa shape index (κ2) is 6.62. The summed E-state index contributed by atoms with van der Waals surface area (Å²) in [6, 6.07) is 6.62. The molecule has 20 heavy (non-hydrogen) atoms. The fourth-order valence-electron chi connectivity index (χ4n) is 1.39. The van der Waals surface area contributed by atoms with Gasteiger partial charge in [0, 0.05) is 26.9 Å². The Balaban J connectivity index is 2.04. The fraction of sp³-hybridized carbons (Fsp3) is 0. The average Bonchev–Trinajstić information content (AvgIpc) is 2.41. The highest BCUT2D eigenvalue weighted by Gasteiger charge is 2.05. The van der Waals surface area contributed by atoms with Gasteiger partial charge in [-0.25, -0.2) is 5.43 Å². The number of hydrogen-bond donors (Lipinski definition) is 2. The second-order valence-electron chi connectivity index (χ2n) is 3.79. The molecule has 0 aliphatic rings. The van der Waals surface area contributed by atoms with E-state index < -0.39 is 0 Å². The number of phenols is 1. The lowest BCUT2D eigenvalue weighted by Gasteiger charge is -2.01. The van der Waals surface area contributed by atoms with E-state index in [1.807, 2.05) is 0 Å². The molecular weight excluding hydrogens is 390 g/mol. The van der Waals surface area contributed by atoms with Crippen molar-refractivity contribution in [2.75, 3.05) is 0 Å². The van der Waals surface area contributed by atoms with Crippen molar-refractivity contribution in [1.82, 2.24) is 10.4 Å². The highest BCUT2D eigenvalue weighted by molar-refractivity contribution is 9.10. The van der Waals surface area contributed by atoms with Crippen molar-refractivity contribution < 1.29 is 9.90 Å². The summed E-state index contributed by atoms with van der Waals surface area (Å²) >= 11 is 6.47. The van der Waals surface area contributed by atoms with E-state index in [1.165, 1.54) is 12.4 Å². The lowest BCUT2D eigenvalue weighted by molar-refractivity contribution is 0.0954. The molecule has 0 radical (unpaired) electrons. The number of benzene rings is 1. The standard InChI is InChI=1S/C13H9Br2N3O2/c14-10-2-1-8(12(19)4-10)6-17-18-13(20)9-3-11(15)7-16-5-9/h1-7,19H,(H,18,20). The third-order valence-corrected chi connectivity index (χ3v) is 3.26. The summed E-state index contributed by atoms with van der Waals surface area (Å²) in [7, 11) is 0. The van der Waals surface area contributed by atoms with Crippen LogP contribution in [0.15, 0.2) is 50.7 Å². The van der Waals surface area contributed by atoms with Gasteiger partial charge in [0.2, 0.25) is 0 Å². The Kier molecular flexibility index (Phi) is 4.86. The van der Waals surface area contributed by atoms with Gasteiger partial charge in [-0.05, 0) is 40.2 Å². The molecule has 0 aliphatic carbocycles. The quantitative estimate of drug-likeness (QED) is 0.616. The van der Waals surface area contributed by atoms with Crippen molar-refractivity contribution >= 4 is 44.0 Å². The molecule has 7 heteroatoms. The molecule has 1 amide bonds. The normalized spacial score (nSPS) is 10.7. The van der Waals surface area contributed by atoms with Crippen LogP contribution in [0.5, 0.6) is 5.75 Å². The van der Waals surface area contributed by atoms with Gasteiger partial charge in [-0.1, -0.05) is 15.9 Å². The third kappa shape index (κ3) is 3.88. The molecule has 0 spiro atoms. The molecule has 0 saturated heterocycles. The summed E-state index contributed by atoms with van der Waals surface area (Å²) < 4.78 is 1.47. The molecule has 0 aliphatic heterocycles. The van der Waals surface area contributed by atoms with Gasteiger partial charge in [0.15, 0.2) is 0 Å². The van der Waals surface area contributed by atoms with Crippen LogP contribution in [0.2, 0.25) is 0 Å². The summed E-state index contributed by atoms with van der Waals surface area (Å²) in [5.74, 6) is -0.312. The van der Waals surface area contributed by atoms with Crippen molar-refractivity contribution in [2.45, 2.75) is 0 Å². The summed E-state index contributed by atoms with van der Waals surface area (Å²) in [6.45, 7) is 0. The number of halogens is 2. The first kappa shape index (κ1) is 14.7. The number of hydrogen-bond acceptors (Lipinski definition) is 4. The second-order valence-corrected chi connectivity index (χ2v) is 5.63. The highest BCUT2D eigenvalue weighted by atomic mass is 79.9. The van der Waals surface area contributed by atoms with E-state index in [0.29, 0.717) is 15.6 Å². The molecule has 102 valence electrons. The molecule has 0 atom stereocenters. The predicted octanol–water partition coefficient (Wildman–Crippen LogP) is 3.08. The van der Waals surface area contributed by atoms with Gasteiger partial charge in [-0.15, -0.1) is 0 Å². The minimum Gasteiger partial charge on any atom is -0.507 e. The Labute approximate surface area is 132 Å². The van der Waals surface area contributed by atoms with Gasteiger partial charge in [-0.2, -0.15) is 5.10 Å². The topological polar surface area (TPSA) is 74.6 Å². The number of amides is 1. The van der Waals surface area contributed by atoms with Crippen LogP contribution in [0, 0.1) is 0 Å². The molecule has 1 aromatic heterocycles. The van der Waals surface area contributed by atoms with Crippen LogP contribution in [-0.2, 0) is 0 Å². The van der Waals surface area contributed by atoms with Gasteiger partial charge in [0.05, 0.1) is 11.8 Å². The number of carbonyl (C=O) groups is 1. The first-order chi connectivity index (χ1) is 9.56. The number of rotatable bonds is 3. The molecule has 1 heterocycles. The predicted molar refractivity (Wildman–Crippen MR) is 82.8 cm³/mol. The van der Waals surface area contributed by atoms with Crippen LogP contribution in [0.4, 0.5) is 0 Å². The first-order valence-corrected chi connectivity index (χ1v) is 7.07. The summed E-state index contributed by atoms with van der Waals surface area (Å²) in [6.07, 6.45) is 4.39. The fourth-order valence-corrected chi connectivity index (χ4v) is 2.10. The number of aromatic nitrogens is 1. The summed E-state index contributed by atoms with van der Waals surface area (Å²) in [4.78, 5) is 15.7. The Morgan fingerprint density at radius 1 is 1.25 bits per heavy atom. The number of aromatic hydroxyl groups is 1. The lowest BCUT2D eigenvalue weighted by Crippen LogP contribution is -2.17. The van der Waals surface area contributed by atoms with Gasteiger partial charge >= 0.3 is 0 Å². The number of carbonyl (C=O) groups excluding carboxylic acids is 1. The Bertz CT molecular complexity index is 674. The average molecular weight is 399 g/mol. The van der Waals surface area contributed by atoms with Gasteiger partial charge in [0.1, 0.15) is 5.75 Å². The molecule has 0 saturated carbocycles. The minimum absolute atomic E-state index is 0.0708. The van der Waals surface area contributed by atoms with E-state index in [0.717, 1.165) is 4.47 Å². The number of pyridine rings is 1. The summed E-state index contributed by atoms with van der Waals surface area (Å²) in [5.41, 5.74) is 3.25. The zero-order valence-corrected chi connectivity index (χ0v) is 13.2. The van der Waals surface area contributed by atoms with Crippen molar-refractivity contribution in [3.63, 3.8) is 0 Å². The lowest BCUT2D eigenvalue weighted by atomic mass is 10.2. The molecule has 2 aromatic rings. The number of phenolic OH excluding ortho intramolecular Hbond substituents is 1. The third-order valence-electron chi connectivity index (χ3n) is 2.33. The highest BCUT2D eigenvalue weighted by Crippen LogP contribution is 2.20. The molecule has 0 unspecified atom stereocenters. The van der Waals surface area contributed by atoms with Gasteiger partial charge < -0.3 is 5.11 Å². The Hall–Kier alpha value is -1.73. The smallest absolute Gasteiger partial charge is 0.272 e. The van der Waals surface area contributed by atoms with E-state index in [-0.39, 0.29) is 11.7 Å². The van der Waals surface area contributed by atoms with Crippen LogP contribution in [0.1, 0.15) is 15.9 Å². The number of nitrogens with one attached hydrogen (secondary N) is 1. The molecule has 1 aromatic carbocycles. The molecule has 2 rings (SSSR count). The van der Waals surface area contributed by atoms with Crippen LogP contribution in [-0.4, -0.2) is 22.2 Å². The van der Waals surface area contributed by atoms with Crippen LogP contribution >= 0.6 is 31.9 Å². The van der Waals surface area contributed by atoms with E-state index in [9.17, 15) is 9.90 Å². The molecular formula is C13H9Br2N3O2. The van der Waals surface area contributed by atoms with Crippen molar-refractivity contribution in [3.8, 4) is 5.75 Å². The molecule has 0 fully saturated rings. The maximum absolute atomic E-state index is 11.8. The molecule has 2 N–H and O–H groups in total. The minimum atomic E-state index is -0.383. The number of hydrazone groups is 1. The van der Waals surface area contributed by atoms with Gasteiger partial charge in [0.25, 0.3) is 5.91 Å². The van der Waals surface area contributed by atoms with Gasteiger partial charge in [-0.3, -0.25) is 9.78 Å². The SMILES string of the molecule is O=C(NN=Cc1ccc(Br)cc1O)c1cncc(Br)c1. The van der Waals surface area contributed by atoms with E-state index in [4.69, 9.17) is 0 Å². The molecule has 5 nitrogen and oxygen atoms in total. The van der Waals surface area contributed by atoms with Crippen molar-refractivity contribution in [2.24, 2.45) is 5.10 Å². The van der Waals surface area contributed by atoms with Crippen molar-refractivity contribution in [1.29, 1.82) is 0 Å². The maximum Gasteiger partial charge on any atom is 0.272 e. The van der Waals surface area contributed by atoms with Crippen molar-refractivity contribution in [3.05, 3.63) is 56.7 Å². The Morgan fingerprint density at radius 3 is 2.75 bits per heavy atom. The monoisotopic (exact) mass is 397 g/mol. The Morgan fingerprint density at radius 2 is 2.05 bits per heavy atom. The summed E-state index contributed by atoms with van der Waals surface area (Å²) in [5, 5.41) is 13.5.